The summed E-state index contributed by atoms with van der Waals surface area (Å²) in [7, 11) is 1.53. The second kappa shape index (κ2) is 7.66. The van der Waals surface area contributed by atoms with Crippen molar-refractivity contribution in [3.05, 3.63) is 29.8 Å². The highest BCUT2D eigenvalue weighted by Gasteiger charge is 2.44. The highest BCUT2D eigenvalue weighted by atomic mass is 16.5. The van der Waals surface area contributed by atoms with Crippen LogP contribution in [0.3, 0.4) is 0 Å². The van der Waals surface area contributed by atoms with Crippen LogP contribution in [-0.2, 0) is 4.79 Å². The summed E-state index contributed by atoms with van der Waals surface area (Å²) in [6, 6.07) is 6.68. The Hall–Kier alpha value is -2.08. The van der Waals surface area contributed by atoms with Gasteiger partial charge in [-0.2, -0.15) is 0 Å². The van der Waals surface area contributed by atoms with Crippen LogP contribution in [0.2, 0.25) is 0 Å². The lowest BCUT2D eigenvalue weighted by Crippen LogP contribution is -2.51. The maximum atomic E-state index is 13.1. The minimum absolute atomic E-state index is 0.00438. The number of hydrogen-bond donors (Lipinski definition) is 2. The SMILES string of the molecule is COc1ccccc1C(=O)NC(C(=O)N1CC2CCC(N)C2C1)C(C)C. The number of nitrogens with one attached hydrogen (secondary N) is 1. The van der Waals surface area contributed by atoms with E-state index in [1.54, 1.807) is 18.2 Å². The van der Waals surface area contributed by atoms with E-state index >= 15 is 0 Å². The molecule has 0 radical (unpaired) electrons. The number of amides is 2. The number of likely N-dealkylation sites (tertiary alicyclic amines) is 1. The minimum atomic E-state index is -0.553. The molecule has 0 bridgehead atoms. The molecule has 1 aliphatic heterocycles. The summed E-state index contributed by atoms with van der Waals surface area (Å²) in [5.74, 6) is 1.11. The van der Waals surface area contributed by atoms with Crippen molar-refractivity contribution in [3.8, 4) is 5.75 Å². The highest BCUT2D eigenvalue weighted by molar-refractivity contribution is 5.99. The summed E-state index contributed by atoms with van der Waals surface area (Å²) in [4.78, 5) is 27.7. The van der Waals surface area contributed by atoms with E-state index < -0.39 is 6.04 Å². The van der Waals surface area contributed by atoms with Crippen LogP contribution in [0, 0.1) is 17.8 Å². The number of para-hydroxylation sites is 1. The average Bonchev–Trinajstić information content (AvgIpc) is 3.21. The summed E-state index contributed by atoms with van der Waals surface area (Å²) < 4.78 is 5.26. The zero-order chi connectivity index (χ0) is 18.8. The van der Waals surface area contributed by atoms with Gasteiger partial charge in [0.05, 0.1) is 12.7 Å². The van der Waals surface area contributed by atoms with E-state index in [-0.39, 0.29) is 23.8 Å². The first-order valence-corrected chi connectivity index (χ1v) is 9.40. The fourth-order valence-corrected chi connectivity index (χ4v) is 4.25. The normalized spacial score (nSPS) is 25.9. The van der Waals surface area contributed by atoms with E-state index in [1.165, 1.54) is 7.11 Å². The third-order valence-corrected chi connectivity index (χ3v) is 5.79. The molecule has 4 unspecified atom stereocenters. The molecule has 3 N–H and O–H groups in total. The molecule has 1 heterocycles. The van der Waals surface area contributed by atoms with Crippen molar-refractivity contribution >= 4 is 11.8 Å². The number of ether oxygens (including phenoxy) is 1. The Kier molecular flexibility index (Phi) is 5.51. The van der Waals surface area contributed by atoms with Crippen LogP contribution in [-0.4, -0.2) is 49.0 Å². The number of nitrogens with zero attached hydrogens (tertiary/aromatic N) is 1. The molecule has 6 nitrogen and oxygen atoms in total. The van der Waals surface area contributed by atoms with Crippen molar-refractivity contribution in [2.24, 2.45) is 23.5 Å². The van der Waals surface area contributed by atoms with Crippen molar-refractivity contribution in [1.29, 1.82) is 0 Å². The zero-order valence-corrected chi connectivity index (χ0v) is 15.8. The van der Waals surface area contributed by atoms with Crippen LogP contribution in [0.5, 0.6) is 5.75 Å². The summed E-state index contributed by atoms with van der Waals surface area (Å²) in [6.45, 7) is 5.37. The van der Waals surface area contributed by atoms with Gasteiger partial charge in [0.25, 0.3) is 5.91 Å². The molecular formula is C20H29N3O3. The molecule has 2 amide bonds. The quantitative estimate of drug-likeness (QED) is 0.837. The lowest BCUT2D eigenvalue weighted by molar-refractivity contribution is -0.133. The van der Waals surface area contributed by atoms with Crippen LogP contribution in [0.4, 0.5) is 0 Å². The van der Waals surface area contributed by atoms with Crippen molar-refractivity contribution in [1.82, 2.24) is 10.2 Å². The molecule has 0 aromatic heterocycles. The smallest absolute Gasteiger partial charge is 0.255 e. The second-order valence-corrected chi connectivity index (χ2v) is 7.80. The van der Waals surface area contributed by atoms with Gasteiger partial charge in [0.15, 0.2) is 0 Å². The summed E-state index contributed by atoms with van der Waals surface area (Å²) >= 11 is 0. The molecule has 6 heteroatoms. The Balaban J connectivity index is 1.71. The number of benzene rings is 1. The van der Waals surface area contributed by atoms with Crippen molar-refractivity contribution < 1.29 is 14.3 Å². The molecule has 2 fully saturated rings. The maximum absolute atomic E-state index is 13.1. The Morgan fingerprint density at radius 1 is 1.23 bits per heavy atom. The van der Waals surface area contributed by atoms with Crippen LogP contribution in [0.15, 0.2) is 24.3 Å². The monoisotopic (exact) mass is 359 g/mol. The Bertz CT molecular complexity index is 676. The Morgan fingerprint density at radius 2 is 1.96 bits per heavy atom. The minimum Gasteiger partial charge on any atom is -0.496 e. The highest BCUT2D eigenvalue weighted by Crippen LogP contribution is 2.37. The first-order chi connectivity index (χ1) is 12.4. The van der Waals surface area contributed by atoms with E-state index in [0.717, 1.165) is 19.4 Å². The van der Waals surface area contributed by atoms with Gasteiger partial charge in [-0.05, 0) is 42.7 Å². The van der Waals surface area contributed by atoms with Gasteiger partial charge in [0, 0.05) is 19.1 Å². The van der Waals surface area contributed by atoms with Crippen LogP contribution < -0.4 is 15.8 Å². The number of nitrogens with two attached hydrogens (primary N) is 1. The van der Waals surface area contributed by atoms with E-state index in [4.69, 9.17) is 10.5 Å². The molecule has 1 aromatic rings. The number of carbonyl (C=O) groups excluding carboxylic acids is 2. The summed E-state index contributed by atoms with van der Waals surface area (Å²) in [5, 5.41) is 2.92. The largest absolute Gasteiger partial charge is 0.496 e. The number of rotatable bonds is 5. The van der Waals surface area contributed by atoms with Crippen LogP contribution >= 0.6 is 0 Å². The number of fused-ring (bicyclic) bond motifs is 1. The zero-order valence-electron chi connectivity index (χ0n) is 15.8. The Morgan fingerprint density at radius 3 is 2.62 bits per heavy atom. The topological polar surface area (TPSA) is 84.7 Å². The molecule has 0 spiro atoms. The third-order valence-electron chi connectivity index (χ3n) is 5.79. The van der Waals surface area contributed by atoms with Gasteiger partial charge in [0.2, 0.25) is 5.91 Å². The van der Waals surface area contributed by atoms with Crippen LogP contribution in [0.25, 0.3) is 0 Å². The predicted octanol–water partition coefficient (Wildman–Crippen LogP) is 1.65. The summed E-state index contributed by atoms with van der Waals surface area (Å²) in [6.07, 6.45) is 2.14. The standard InChI is InChI=1S/C20H29N3O3/c1-12(2)18(22-19(24)14-6-4-5-7-17(14)26-3)20(25)23-10-13-8-9-16(21)15(13)11-23/h4-7,12-13,15-16,18H,8-11,21H2,1-3H3,(H,22,24). The molecule has 1 aliphatic carbocycles. The number of hydrogen-bond acceptors (Lipinski definition) is 4. The van der Waals surface area contributed by atoms with Crippen molar-refractivity contribution in [2.75, 3.05) is 20.2 Å². The lowest BCUT2D eigenvalue weighted by atomic mass is 9.98. The average molecular weight is 359 g/mol. The van der Waals surface area contributed by atoms with Gasteiger partial charge in [-0.1, -0.05) is 26.0 Å². The van der Waals surface area contributed by atoms with Gasteiger partial charge in [-0.25, -0.2) is 0 Å². The molecule has 1 saturated heterocycles. The van der Waals surface area contributed by atoms with Crippen molar-refractivity contribution in [3.63, 3.8) is 0 Å². The molecule has 26 heavy (non-hydrogen) atoms. The molecular weight excluding hydrogens is 330 g/mol. The van der Waals surface area contributed by atoms with Gasteiger partial charge in [0.1, 0.15) is 11.8 Å². The van der Waals surface area contributed by atoms with Crippen molar-refractivity contribution in [2.45, 2.75) is 38.8 Å². The van der Waals surface area contributed by atoms with Gasteiger partial charge < -0.3 is 20.7 Å². The van der Waals surface area contributed by atoms with E-state index in [2.05, 4.69) is 5.32 Å². The maximum Gasteiger partial charge on any atom is 0.255 e. The predicted molar refractivity (Wildman–Crippen MR) is 99.9 cm³/mol. The first kappa shape index (κ1) is 18.7. The molecule has 2 aliphatic rings. The fraction of sp³-hybridized carbons (Fsp3) is 0.600. The van der Waals surface area contributed by atoms with E-state index in [0.29, 0.717) is 29.7 Å². The van der Waals surface area contributed by atoms with Crippen LogP contribution in [0.1, 0.15) is 37.0 Å². The van der Waals surface area contributed by atoms with Gasteiger partial charge in [-0.15, -0.1) is 0 Å². The third kappa shape index (κ3) is 3.56. The number of methoxy groups -OCH3 is 1. The molecule has 3 rings (SSSR count). The van der Waals surface area contributed by atoms with Gasteiger partial charge >= 0.3 is 0 Å². The molecule has 1 saturated carbocycles. The van der Waals surface area contributed by atoms with E-state index in [9.17, 15) is 9.59 Å². The lowest BCUT2D eigenvalue weighted by Gasteiger charge is -2.28. The summed E-state index contributed by atoms with van der Waals surface area (Å²) in [5.41, 5.74) is 6.62. The second-order valence-electron chi connectivity index (χ2n) is 7.80. The van der Waals surface area contributed by atoms with E-state index in [1.807, 2.05) is 24.8 Å². The Labute approximate surface area is 155 Å². The number of carbonyl (C=O) groups is 2. The molecule has 4 atom stereocenters. The fourth-order valence-electron chi connectivity index (χ4n) is 4.25. The molecule has 1 aromatic carbocycles. The first-order valence-electron chi connectivity index (χ1n) is 9.40. The molecule has 142 valence electrons. The van der Waals surface area contributed by atoms with Gasteiger partial charge in [-0.3, -0.25) is 9.59 Å².